The van der Waals surface area contributed by atoms with E-state index in [0.29, 0.717) is 37.0 Å². The Kier molecular flexibility index (Phi) is 12.4. The van der Waals surface area contributed by atoms with E-state index in [0.717, 1.165) is 0 Å². The molecule has 0 saturated carbocycles. The van der Waals surface area contributed by atoms with Crippen LogP contribution < -0.4 is 20.1 Å². The van der Waals surface area contributed by atoms with E-state index in [4.69, 9.17) is 9.47 Å². The Hall–Kier alpha value is -2.05. The molecule has 1 aromatic carbocycles. The largest absolute Gasteiger partial charge is 0.493 e. The molecule has 0 bridgehead atoms. The summed E-state index contributed by atoms with van der Waals surface area (Å²) >= 11 is 0. The molecule has 0 aliphatic carbocycles. The summed E-state index contributed by atoms with van der Waals surface area (Å²) in [5.41, 5.74) is 0. The zero-order valence-electron chi connectivity index (χ0n) is 14.1. The average molecular weight is 324 g/mol. The van der Waals surface area contributed by atoms with Crippen LogP contribution in [0.4, 0.5) is 0 Å². The molecule has 1 aromatic rings. The molecule has 6 heteroatoms. The van der Waals surface area contributed by atoms with Gasteiger partial charge in [-0.1, -0.05) is 32.1 Å². The fourth-order valence-corrected chi connectivity index (χ4v) is 1.49. The molecule has 0 fully saturated rings. The van der Waals surface area contributed by atoms with Crippen LogP contribution in [0.15, 0.2) is 36.9 Å². The van der Waals surface area contributed by atoms with Crippen LogP contribution in [0.5, 0.6) is 11.5 Å². The van der Waals surface area contributed by atoms with Gasteiger partial charge in [0, 0.05) is 19.1 Å². The van der Waals surface area contributed by atoms with Crippen molar-refractivity contribution in [1.29, 1.82) is 0 Å². The molecule has 0 aromatic heterocycles. The molecule has 3 N–H and O–H groups in total. The lowest BCUT2D eigenvalue weighted by Gasteiger charge is -2.16. The van der Waals surface area contributed by atoms with Crippen LogP contribution in [-0.2, 0) is 4.79 Å². The van der Waals surface area contributed by atoms with Crippen LogP contribution in [0.1, 0.15) is 13.8 Å². The molecule has 1 unspecified atom stereocenters. The molecule has 0 radical (unpaired) electrons. The fraction of sp³-hybridized carbons (Fsp3) is 0.471. The number of ether oxygens (including phenoxy) is 2. The van der Waals surface area contributed by atoms with Gasteiger partial charge in [-0.25, -0.2) is 0 Å². The third-order valence-corrected chi connectivity index (χ3v) is 2.61. The maximum atomic E-state index is 9.69. The van der Waals surface area contributed by atoms with Gasteiger partial charge in [0.1, 0.15) is 12.7 Å². The second-order valence-corrected chi connectivity index (χ2v) is 4.99. The van der Waals surface area contributed by atoms with E-state index in [9.17, 15) is 9.90 Å². The van der Waals surface area contributed by atoms with E-state index in [1.807, 2.05) is 38.1 Å². The van der Waals surface area contributed by atoms with Crippen LogP contribution in [0.3, 0.4) is 0 Å². The van der Waals surface area contributed by atoms with Gasteiger partial charge in [-0.05, 0) is 12.1 Å². The van der Waals surface area contributed by atoms with Crippen LogP contribution >= 0.6 is 0 Å². The number of carbonyl (C=O) groups excluding carboxylic acids is 1. The summed E-state index contributed by atoms with van der Waals surface area (Å²) in [6.07, 6.45) is 1.73. The van der Waals surface area contributed by atoms with Crippen LogP contribution in [0.25, 0.3) is 0 Å². The molecule has 0 saturated heterocycles. The third kappa shape index (κ3) is 11.2. The Morgan fingerprint density at radius 3 is 2.43 bits per heavy atom. The van der Waals surface area contributed by atoms with E-state index in [1.165, 1.54) is 0 Å². The van der Waals surface area contributed by atoms with Crippen molar-refractivity contribution in [2.45, 2.75) is 26.0 Å². The van der Waals surface area contributed by atoms with Crippen LogP contribution in [0, 0.1) is 0 Å². The first kappa shape index (κ1) is 20.9. The highest BCUT2D eigenvalue weighted by Crippen LogP contribution is 2.25. The number of amides is 1. The van der Waals surface area contributed by atoms with Crippen molar-refractivity contribution < 1.29 is 19.4 Å². The Morgan fingerprint density at radius 2 is 1.96 bits per heavy atom. The zero-order valence-corrected chi connectivity index (χ0v) is 14.1. The maximum absolute atomic E-state index is 9.69. The number of methoxy groups -OCH3 is 1. The highest BCUT2D eigenvalue weighted by atomic mass is 16.5. The molecular weight excluding hydrogens is 296 g/mol. The Morgan fingerprint density at radius 1 is 1.30 bits per heavy atom. The van der Waals surface area contributed by atoms with E-state index in [2.05, 4.69) is 17.2 Å². The first-order valence-electron chi connectivity index (χ1n) is 7.50. The number of hydrogen-bond donors (Lipinski definition) is 3. The first-order chi connectivity index (χ1) is 11.0. The highest BCUT2D eigenvalue weighted by Gasteiger charge is 2.08. The van der Waals surface area contributed by atoms with Crippen LogP contribution in [-0.4, -0.2) is 50.5 Å². The predicted molar refractivity (Wildman–Crippen MR) is 91.9 cm³/mol. The Balaban J connectivity index is 0.000000688. The number of nitrogens with one attached hydrogen (secondary N) is 2. The van der Waals surface area contributed by atoms with Gasteiger partial charge < -0.3 is 25.2 Å². The Labute approximate surface area is 138 Å². The first-order valence-corrected chi connectivity index (χ1v) is 7.50. The molecule has 1 rings (SSSR count). The number of benzene rings is 1. The lowest BCUT2D eigenvalue weighted by atomic mass is 10.3. The minimum atomic E-state index is -0.526. The molecule has 6 nitrogen and oxygen atoms in total. The minimum absolute atomic E-state index is 0.250. The third-order valence-electron chi connectivity index (χ3n) is 2.61. The fourth-order valence-electron chi connectivity index (χ4n) is 1.49. The molecule has 0 aliphatic rings. The average Bonchev–Trinajstić information content (AvgIpc) is 2.57. The lowest BCUT2D eigenvalue weighted by molar-refractivity contribution is -0.109. The SMILES string of the molecule is C=CCNC=O.COc1ccccc1OCC(O)CNC(C)C. The van der Waals surface area contributed by atoms with Gasteiger partial charge in [0.05, 0.1) is 7.11 Å². The minimum Gasteiger partial charge on any atom is -0.493 e. The second kappa shape index (κ2) is 13.6. The topological polar surface area (TPSA) is 79.8 Å². The van der Waals surface area contributed by atoms with Crippen molar-refractivity contribution in [3.05, 3.63) is 36.9 Å². The van der Waals surface area contributed by atoms with E-state index in [1.54, 1.807) is 13.2 Å². The van der Waals surface area contributed by atoms with Gasteiger partial charge in [-0.15, -0.1) is 6.58 Å². The maximum Gasteiger partial charge on any atom is 0.207 e. The van der Waals surface area contributed by atoms with Gasteiger partial charge in [-0.2, -0.15) is 0 Å². The molecule has 0 spiro atoms. The normalized spacial score (nSPS) is 11.0. The van der Waals surface area contributed by atoms with Gasteiger partial charge in [0.15, 0.2) is 11.5 Å². The summed E-state index contributed by atoms with van der Waals surface area (Å²) in [7, 11) is 1.60. The molecular formula is C17H28N2O4. The zero-order chi connectivity index (χ0) is 17.5. The van der Waals surface area contributed by atoms with Gasteiger partial charge in [-0.3, -0.25) is 4.79 Å². The molecule has 23 heavy (non-hydrogen) atoms. The van der Waals surface area contributed by atoms with E-state index >= 15 is 0 Å². The molecule has 0 aliphatic heterocycles. The predicted octanol–water partition coefficient (Wildman–Crippen LogP) is 1.35. The summed E-state index contributed by atoms with van der Waals surface area (Å²) in [4.78, 5) is 9.40. The molecule has 0 heterocycles. The van der Waals surface area contributed by atoms with Crippen molar-refractivity contribution in [2.75, 3.05) is 26.8 Å². The number of hydrogen-bond acceptors (Lipinski definition) is 5. The summed E-state index contributed by atoms with van der Waals surface area (Å²) in [5, 5.41) is 15.2. The summed E-state index contributed by atoms with van der Waals surface area (Å²) < 4.78 is 10.7. The Bertz CT molecular complexity index is 430. The summed E-state index contributed by atoms with van der Waals surface area (Å²) in [5.74, 6) is 1.33. The van der Waals surface area contributed by atoms with E-state index in [-0.39, 0.29) is 6.61 Å². The molecule has 1 amide bonds. The number of aliphatic hydroxyl groups is 1. The molecule has 130 valence electrons. The number of para-hydroxylation sites is 2. The van der Waals surface area contributed by atoms with E-state index < -0.39 is 6.10 Å². The number of carbonyl (C=O) groups is 1. The van der Waals surface area contributed by atoms with Gasteiger partial charge in [0.2, 0.25) is 6.41 Å². The standard InChI is InChI=1S/C13H21NO3.C4H7NO/c1-10(2)14-8-11(15)9-17-13-7-5-4-6-12(13)16-3;1-2-3-5-4-6/h4-7,10-11,14-15H,8-9H2,1-3H3;2,4H,1,3H2,(H,5,6). The highest BCUT2D eigenvalue weighted by molar-refractivity contribution is 5.46. The lowest BCUT2D eigenvalue weighted by Crippen LogP contribution is -2.35. The van der Waals surface area contributed by atoms with Crippen molar-refractivity contribution in [3.8, 4) is 11.5 Å². The van der Waals surface area contributed by atoms with Crippen molar-refractivity contribution in [3.63, 3.8) is 0 Å². The summed E-state index contributed by atoms with van der Waals surface area (Å²) in [6, 6.07) is 7.75. The van der Waals surface area contributed by atoms with Crippen molar-refractivity contribution in [1.82, 2.24) is 10.6 Å². The van der Waals surface area contributed by atoms with Crippen molar-refractivity contribution >= 4 is 6.41 Å². The quantitative estimate of drug-likeness (QED) is 0.344. The number of aliphatic hydroxyl groups excluding tert-OH is 1. The molecule has 1 atom stereocenters. The number of rotatable bonds is 10. The second-order valence-electron chi connectivity index (χ2n) is 4.99. The smallest absolute Gasteiger partial charge is 0.207 e. The van der Waals surface area contributed by atoms with Gasteiger partial charge >= 0.3 is 0 Å². The van der Waals surface area contributed by atoms with Crippen molar-refractivity contribution in [2.24, 2.45) is 0 Å². The summed E-state index contributed by atoms with van der Waals surface area (Å²) in [6.45, 7) is 8.78. The van der Waals surface area contributed by atoms with Crippen LogP contribution in [0.2, 0.25) is 0 Å². The monoisotopic (exact) mass is 324 g/mol. The van der Waals surface area contributed by atoms with Gasteiger partial charge in [0.25, 0.3) is 0 Å².